The molecule has 2 aromatic heterocycles. The maximum absolute atomic E-state index is 13.6. The van der Waals surface area contributed by atoms with E-state index in [2.05, 4.69) is 41.2 Å². The van der Waals surface area contributed by atoms with E-state index < -0.39 is 47.3 Å². The number of nitrogens with one attached hydrogen (secondary N) is 2. The van der Waals surface area contributed by atoms with Crippen LogP contribution < -0.4 is 14.8 Å². The lowest BCUT2D eigenvalue weighted by molar-refractivity contribution is -0.160. The molecule has 0 aliphatic heterocycles. The molecule has 0 saturated carbocycles. The van der Waals surface area contributed by atoms with Crippen LogP contribution in [0, 0.1) is 17.1 Å². The summed E-state index contributed by atoms with van der Waals surface area (Å²) < 4.78 is 92.4. The highest BCUT2D eigenvalue weighted by atomic mass is 32.2. The van der Waals surface area contributed by atoms with Gasteiger partial charge in [0.25, 0.3) is 10.0 Å². The molecule has 0 fully saturated rings. The molecule has 2 heterocycles. The zero-order valence-corrected chi connectivity index (χ0v) is 33.5. The summed E-state index contributed by atoms with van der Waals surface area (Å²) in [6.07, 6.45) is 0.899. The van der Waals surface area contributed by atoms with Crippen molar-refractivity contribution in [2.24, 2.45) is 0 Å². The molecule has 1 atom stereocenters. The largest absolute Gasteiger partial charge is 0.484 e. The Kier molecular flexibility index (Phi) is 14.1. The first-order chi connectivity index (χ1) is 25.7. The number of rotatable bonds is 19. The lowest BCUT2D eigenvalue weighted by Crippen LogP contribution is -2.27. The van der Waals surface area contributed by atoms with Gasteiger partial charge >= 0.3 is 11.7 Å². The number of anilines is 3. The lowest BCUT2D eigenvalue weighted by atomic mass is 10.1. The van der Waals surface area contributed by atoms with Gasteiger partial charge in [-0.15, -0.1) is 0 Å². The predicted molar refractivity (Wildman–Crippen MR) is 203 cm³/mol. The van der Waals surface area contributed by atoms with Crippen LogP contribution in [0.2, 0.25) is 25.7 Å². The molecule has 2 N–H and O–H groups in total. The highest BCUT2D eigenvalue weighted by molar-refractivity contribution is 7.93. The van der Waals surface area contributed by atoms with Crippen LogP contribution in [-0.2, 0) is 42.3 Å². The van der Waals surface area contributed by atoms with Gasteiger partial charge in [-0.1, -0.05) is 37.8 Å². The summed E-state index contributed by atoms with van der Waals surface area (Å²) in [7, 11) is -6.53. The number of alkyl halides is 2. The van der Waals surface area contributed by atoms with E-state index in [0.29, 0.717) is 24.5 Å². The molecule has 0 aliphatic rings. The number of ether oxygens (including phenoxy) is 4. The van der Waals surface area contributed by atoms with E-state index in [1.165, 1.54) is 47.1 Å². The quantitative estimate of drug-likeness (QED) is 0.0555. The van der Waals surface area contributed by atoms with Crippen LogP contribution >= 0.6 is 0 Å². The standard InChI is InChI=1S/C36H46F3N7O7SSi/c1-24(25-8-11-27(37)12-9-25)52-30-20-26(10-13-29(30)44-54(48,49)35(38)39)33-28(21-40)34(46(43-33)23-51-18-19-55(5,6)7)41-31-14-15-45(42-31)16-17-50-22-32(47)53-36(2,3)4/h8-15,20,24,35,44H,16-19,22-23H2,1-7H3,(H,41,42). The predicted octanol–water partition coefficient (Wildman–Crippen LogP) is 7.28. The second-order valence-electron chi connectivity index (χ2n) is 14.7. The van der Waals surface area contributed by atoms with E-state index in [1.807, 2.05) is 4.72 Å². The van der Waals surface area contributed by atoms with Crippen LogP contribution in [0.4, 0.5) is 30.5 Å². The number of nitrogens with zero attached hydrogens (tertiary/aromatic N) is 5. The van der Waals surface area contributed by atoms with Crippen molar-refractivity contribution in [3.63, 3.8) is 0 Å². The summed E-state index contributed by atoms with van der Waals surface area (Å²) in [5, 5.41) is 22.8. The van der Waals surface area contributed by atoms with Gasteiger partial charge in [0.2, 0.25) is 0 Å². The van der Waals surface area contributed by atoms with Gasteiger partial charge in [-0.25, -0.2) is 22.3 Å². The molecule has 0 saturated heterocycles. The number of esters is 1. The van der Waals surface area contributed by atoms with Crippen LogP contribution in [0.5, 0.6) is 5.75 Å². The molecule has 0 radical (unpaired) electrons. The summed E-state index contributed by atoms with van der Waals surface area (Å²) in [6.45, 7) is 14.2. The Morgan fingerprint density at radius 1 is 1.04 bits per heavy atom. The fourth-order valence-electron chi connectivity index (χ4n) is 4.92. The second-order valence-corrected chi connectivity index (χ2v) is 22.0. The first kappa shape index (κ1) is 42.8. The monoisotopic (exact) mass is 805 g/mol. The number of aromatic nitrogens is 4. The Bertz CT molecular complexity index is 2070. The van der Waals surface area contributed by atoms with Crippen LogP contribution in [0.3, 0.4) is 0 Å². The molecule has 0 bridgehead atoms. The van der Waals surface area contributed by atoms with Gasteiger partial charge in [0.1, 0.15) is 53.9 Å². The van der Waals surface area contributed by atoms with E-state index >= 15 is 0 Å². The lowest BCUT2D eigenvalue weighted by Gasteiger charge is -2.19. The fraction of sp³-hybridized carbons (Fsp3) is 0.444. The molecule has 1 unspecified atom stereocenters. The third kappa shape index (κ3) is 12.8. The van der Waals surface area contributed by atoms with Crippen LogP contribution in [-0.4, -0.2) is 73.2 Å². The number of carbonyl (C=O) groups excluding carboxylic acids is 1. The second kappa shape index (κ2) is 18.2. The zero-order valence-electron chi connectivity index (χ0n) is 31.7. The number of hydrogen-bond donors (Lipinski definition) is 2. The van der Waals surface area contributed by atoms with Crippen LogP contribution in [0.15, 0.2) is 54.7 Å². The van der Waals surface area contributed by atoms with Crippen molar-refractivity contribution in [1.82, 2.24) is 19.6 Å². The topological polar surface area (TPSA) is 172 Å². The molecule has 2 aromatic carbocycles. The minimum absolute atomic E-state index is 0.0437. The van der Waals surface area contributed by atoms with Gasteiger partial charge in [-0.3, -0.25) is 9.40 Å². The Balaban J connectivity index is 1.66. The van der Waals surface area contributed by atoms with Crippen molar-refractivity contribution >= 4 is 41.4 Å². The molecule has 4 aromatic rings. The molecule has 0 amide bonds. The molecule has 55 heavy (non-hydrogen) atoms. The molecule has 0 aliphatic carbocycles. The van der Waals surface area contributed by atoms with Crippen LogP contribution in [0.1, 0.15) is 44.9 Å². The Hall–Kier alpha value is -4.90. The minimum atomic E-state index is -5.09. The van der Waals surface area contributed by atoms with Crippen molar-refractivity contribution in [1.29, 1.82) is 5.26 Å². The average molecular weight is 806 g/mol. The van der Waals surface area contributed by atoms with E-state index in [1.54, 1.807) is 44.6 Å². The fourth-order valence-corrected chi connectivity index (χ4v) is 6.24. The molecule has 4 rings (SSSR count). The third-order valence-corrected chi connectivity index (χ3v) is 10.3. The van der Waals surface area contributed by atoms with Crippen molar-refractivity contribution < 1.29 is 45.3 Å². The molecule has 0 spiro atoms. The van der Waals surface area contributed by atoms with Crippen molar-refractivity contribution in [2.75, 3.05) is 29.9 Å². The summed E-state index contributed by atoms with van der Waals surface area (Å²) in [5.74, 6) is -4.24. The molecule has 298 valence electrons. The normalized spacial score (nSPS) is 12.7. The number of halogens is 3. The number of nitriles is 1. The maximum atomic E-state index is 13.6. The first-order valence-electron chi connectivity index (χ1n) is 17.3. The van der Waals surface area contributed by atoms with Gasteiger partial charge in [0.15, 0.2) is 11.6 Å². The maximum Gasteiger partial charge on any atom is 0.355 e. The Morgan fingerprint density at radius 3 is 2.38 bits per heavy atom. The highest BCUT2D eigenvalue weighted by Gasteiger charge is 2.27. The number of hydrogen-bond acceptors (Lipinski definition) is 11. The SMILES string of the molecule is CC(Oc1cc(-c2nn(COCC[Si](C)(C)C)c(Nc3ccn(CCOCC(=O)OC(C)(C)C)n3)c2C#N)ccc1NS(=O)(=O)C(F)F)c1ccc(F)cc1. The number of carbonyl (C=O) groups is 1. The van der Waals surface area contributed by atoms with Crippen molar-refractivity contribution in [3.8, 4) is 23.1 Å². The van der Waals surface area contributed by atoms with E-state index in [-0.39, 0.29) is 54.0 Å². The first-order valence-corrected chi connectivity index (χ1v) is 22.5. The Labute approximate surface area is 319 Å². The zero-order chi connectivity index (χ0) is 40.6. The van der Waals surface area contributed by atoms with Crippen LogP contribution in [0.25, 0.3) is 11.3 Å². The van der Waals surface area contributed by atoms with Gasteiger partial charge in [-0.05, 0) is 63.6 Å². The third-order valence-electron chi connectivity index (χ3n) is 7.65. The van der Waals surface area contributed by atoms with Crippen molar-refractivity contribution in [3.05, 3.63) is 71.7 Å². The summed E-state index contributed by atoms with van der Waals surface area (Å²) in [4.78, 5) is 12.0. The van der Waals surface area contributed by atoms with Gasteiger partial charge < -0.3 is 24.3 Å². The average Bonchev–Trinajstić information content (AvgIpc) is 3.68. The van der Waals surface area contributed by atoms with Gasteiger partial charge in [0, 0.05) is 32.5 Å². The molecular weight excluding hydrogens is 760 g/mol. The molecule has 14 nitrogen and oxygen atoms in total. The van der Waals surface area contributed by atoms with Gasteiger partial charge in [-0.2, -0.15) is 24.2 Å². The summed E-state index contributed by atoms with van der Waals surface area (Å²) in [6, 6.07) is 14.1. The number of benzene rings is 2. The smallest absolute Gasteiger partial charge is 0.355 e. The molecular formula is C36H46F3N7O7SSi. The molecule has 19 heteroatoms. The van der Waals surface area contributed by atoms with Crippen molar-refractivity contribution in [2.45, 2.75) is 84.1 Å². The Morgan fingerprint density at radius 2 is 1.75 bits per heavy atom. The number of sulfonamides is 1. The van der Waals surface area contributed by atoms with E-state index in [0.717, 1.165) is 6.04 Å². The van der Waals surface area contributed by atoms with E-state index in [9.17, 15) is 31.6 Å². The summed E-state index contributed by atoms with van der Waals surface area (Å²) >= 11 is 0. The van der Waals surface area contributed by atoms with E-state index in [4.69, 9.17) is 18.9 Å². The minimum Gasteiger partial charge on any atom is -0.484 e. The summed E-state index contributed by atoms with van der Waals surface area (Å²) in [5.41, 5.74) is 0.113. The van der Waals surface area contributed by atoms with Gasteiger partial charge in [0.05, 0.1) is 18.8 Å². The highest BCUT2D eigenvalue weighted by Crippen LogP contribution is 2.38.